The number of para-hydroxylation sites is 1. The molecule has 2 rings (SSSR count). The summed E-state index contributed by atoms with van der Waals surface area (Å²) in [5.74, 6) is 2.00. The number of pyridine rings is 1. The number of aliphatic hydroxyl groups excluding tert-OH is 1. The van der Waals surface area contributed by atoms with Crippen molar-refractivity contribution < 1.29 is 5.11 Å². The highest BCUT2D eigenvalue weighted by Gasteiger charge is 2.00. The number of aliphatic hydroxyl groups is 1. The summed E-state index contributed by atoms with van der Waals surface area (Å²) in [6.07, 6.45) is 2.73. The predicted octanol–water partition coefficient (Wildman–Crippen LogP) is 2.85. The molecular weight excluding hydrogens is 218 g/mol. The molecule has 0 atom stereocenters. The van der Waals surface area contributed by atoms with E-state index in [1.54, 1.807) is 0 Å². The highest BCUT2D eigenvalue weighted by atomic mass is 32.2. The predicted molar refractivity (Wildman–Crippen MR) is 69.6 cm³/mol. The summed E-state index contributed by atoms with van der Waals surface area (Å²) in [6, 6.07) is 10.3. The third-order valence-corrected chi connectivity index (χ3v) is 3.54. The molecule has 0 aliphatic rings. The molecule has 1 aromatic heterocycles. The first-order valence-corrected chi connectivity index (χ1v) is 6.58. The minimum absolute atomic E-state index is 0.282. The minimum Gasteiger partial charge on any atom is -0.396 e. The van der Waals surface area contributed by atoms with Crippen LogP contribution in [0.15, 0.2) is 36.5 Å². The summed E-state index contributed by atoms with van der Waals surface area (Å²) in [4.78, 5) is 4.34. The molecule has 0 aliphatic heterocycles. The number of aromatic nitrogens is 1. The molecule has 0 bridgehead atoms. The molecule has 16 heavy (non-hydrogen) atoms. The maximum atomic E-state index is 8.71. The molecule has 2 nitrogen and oxygen atoms in total. The van der Waals surface area contributed by atoms with Crippen molar-refractivity contribution in [2.75, 3.05) is 12.4 Å². The molecule has 0 spiro atoms. The van der Waals surface area contributed by atoms with Crippen LogP contribution in [0.2, 0.25) is 0 Å². The number of hydrogen-bond acceptors (Lipinski definition) is 3. The molecule has 0 amide bonds. The minimum atomic E-state index is 0.282. The highest BCUT2D eigenvalue weighted by molar-refractivity contribution is 7.98. The third-order valence-electron chi connectivity index (χ3n) is 2.44. The fourth-order valence-electron chi connectivity index (χ4n) is 1.63. The van der Waals surface area contributed by atoms with Gasteiger partial charge in [-0.3, -0.25) is 4.98 Å². The largest absolute Gasteiger partial charge is 0.396 e. The van der Waals surface area contributed by atoms with Crippen LogP contribution in [-0.4, -0.2) is 22.5 Å². The van der Waals surface area contributed by atoms with Gasteiger partial charge in [-0.1, -0.05) is 18.2 Å². The second kappa shape index (κ2) is 5.87. The van der Waals surface area contributed by atoms with E-state index < -0.39 is 0 Å². The number of fused-ring (bicyclic) bond motifs is 1. The SMILES string of the molecule is OCCCSCc1ccnc2ccccc12. The van der Waals surface area contributed by atoms with Crippen LogP contribution in [0.3, 0.4) is 0 Å². The lowest BCUT2D eigenvalue weighted by atomic mass is 10.1. The quantitative estimate of drug-likeness (QED) is 0.806. The van der Waals surface area contributed by atoms with Crippen molar-refractivity contribution >= 4 is 22.7 Å². The number of rotatable bonds is 5. The Morgan fingerprint density at radius 2 is 2.06 bits per heavy atom. The first-order chi connectivity index (χ1) is 7.92. The van der Waals surface area contributed by atoms with Gasteiger partial charge in [0.2, 0.25) is 0 Å². The van der Waals surface area contributed by atoms with E-state index in [2.05, 4.69) is 17.1 Å². The van der Waals surface area contributed by atoms with Gasteiger partial charge in [0.1, 0.15) is 0 Å². The molecule has 1 aromatic carbocycles. The van der Waals surface area contributed by atoms with Gasteiger partial charge in [0.15, 0.2) is 0 Å². The Balaban J connectivity index is 2.11. The van der Waals surface area contributed by atoms with Gasteiger partial charge in [0, 0.05) is 23.9 Å². The van der Waals surface area contributed by atoms with Crippen molar-refractivity contribution in [2.24, 2.45) is 0 Å². The second-order valence-electron chi connectivity index (χ2n) is 3.62. The zero-order valence-corrected chi connectivity index (χ0v) is 9.91. The van der Waals surface area contributed by atoms with Crippen LogP contribution in [0.5, 0.6) is 0 Å². The maximum absolute atomic E-state index is 8.71. The van der Waals surface area contributed by atoms with Crippen LogP contribution in [0.25, 0.3) is 10.9 Å². The van der Waals surface area contributed by atoms with Gasteiger partial charge >= 0.3 is 0 Å². The average Bonchev–Trinajstić information content (AvgIpc) is 2.35. The summed E-state index contributed by atoms with van der Waals surface area (Å²) in [7, 11) is 0. The monoisotopic (exact) mass is 233 g/mol. The summed E-state index contributed by atoms with van der Waals surface area (Å²) >= 11 is 1.86. The molecule has 3 heteroatoms. The Morgan fingerprint density at radius 1 is 1.19 bits per heavy atom. The van der Waals surface area contributed by atoms with Crippen LogP contribution in [0.1, 0.15) is 12.0 Å². The molecule has 0 fully saturated rings. The van der Waals surface area contributed by atoms with E-state index in [1.165, 1.54) is 10.9 Å². The van der Waals surface area contributed by atoms with Gasteiger partial charge < -0.3 is 5.11 Å². The maximum Gasteiger partial charge on any atom is 0.0705 e. The standard InChI is InChI=1S/C13H15NOS/c15-8-3-9-16-10-11-6-7-14-13-5-2-1-4-12(11)13/h1-2,4-7,15H,3,8-10H2. The molecule has 84 valence electrons. The molecule has 0 aliphatic carbocycles. The number of hydrogen-bond donors (Lipinski definition) is 1. The van der Waals surface area contributed by atoms with Crippen molar-refractivity contribution in [3.8, 4) is 0 Å². The normalized spacial score (nSPS) is 10.8. The molecule has 0 saturated carbocycles. The molecule has 0 radical (unpaired) electrons. The Labute approximate surface area is 99.7 Å². The van der Waals surface area contributed by atoms with E-state index in [0.29, 0.717) is 0 Å². The smallest absolute Gasteiger partial charge is 0.0705 e. The van der Waals surface area contributed by atoms with E-state index in [0.717, 1.165) is 23.4 Å². The lowest BCUT2D eigenvalue weighted by molar-refractivity contribution is 0.296. The van der Waals surface area contributed by atoms with E-state index in [1.807, 2.05) is 36.2 Å². The number of thioether (sulfide) groups is 1. The number of benzene rings is 1. The van der Waals surface area contributed by atoms with Crippen LogP contribution in [0.4, 0.5) is 0 Å². The zero-order chi connectivity index (χ0) is 11.2. The molecule has 1 N–H and O–H groups in total. The van der Waals surface area contributed by atoms with Crippen molar-refractivity contribution in [1.29, 1.82) is 0 Å². The Hall–Kier alpha value is -1.06. The summed E-state index contributed by atoms with van der Waals surface area (Å²) in [5.41, 5.74) is 2.39. The van der Waals surface area contributed by atoms with Crippen molar-refractivity contribution in [3.05, 3.63) is 42.1 Å². The van der Waals surface area contributed by atoms with Crippen LogP contribution >= 0.6 is 11.8 Å². The Morgan fingerprint density at radius 3 is 2.94 bits per heavy atom. The third kappa shape index (κ3) is 2.74. The van der Waals surface area contributed by atoms with Crippen LogP contribution < -0.4 is 0 Å². The lowest BCUT2D eigenvalue weighted by Crippen LogP contribution is -1.89. The van der Waals surface area contributed by atoms with E-state index >= 15 is 0 Å². The molecule has 1 heterocycles. The Kier molecular flexibility index (Phi) is 4.19. The van der Waals surface area contributed by atoms with E-state index in [9.17, 15) is 0 Å². The van der Waals surface area contributed by atoms with Gasteiger partial charge in [-0.2, -0.15) is 11.8 Å². The molecule has 2 aromatic rings. The van der Waals surface area contributed by atoms with Crippen molar-refractivity contribution in [2.45, 2.75) is 12.2 Å². The first kappa shape index (κ1) is 11.4. The fraction of sp³-hybridized carbons (Fsp3) is 0.308. The van der Waals surface area contributed by atoms with Gasteiger partial charge in [-0.05, 0) is 29.9 Å². The van der Waals surface area contributed by atoms with Crippen LogP contribution in [-0.2, 0) is 5.75 Å². The highest BCUT2D eigenvalue weighted by Crippen LogP contribution is 2.21. The molecule has 0 saturated heterocycles. The van der Waals surface area contributed by atoms with Crippen molar-refractivity contribution in [3.63, 3.8) is 0 Å². The van der Waals surface area contributed by atoms with Crippen LogP contribution in [0, 0.1) is 0 Å². The zero-order valence-electron chi connectivity index (χ0n) is 9.10. The summed E-state index contributed by atoms with van der Waals surface area (Å²) < 4.78 is 0. The van der Waals surface area contributed by atoms with Crippen molar-refractivity contribution in [1.82, 2.24) is 4.98 Å². The van der Waals surface area contributed by atoms with E-state index in [4.69, 9.17) is 5.11 Å². The van der Waals surface area contributed by atoms with Gasteiger partial charge in [0.25, 0.3) is 0 Å². The van der Waals surface area contributed by atoms with Gasteiger partial charge in [-0.25, -0.2) is 0 Å². The Bertz CT molecular complexity index is 453. The fourth-order valence-corrected chi connectivity index (χ4v) is 2.58. The first-order valence-electron chi connectivity index (χ1n) is 5.43. The summed E-state index contributed by atoms with van der Waals surface area (Å²) in [5, 5.41) is 9.95. The number of nitrogens with zero attached hydrogens (tertiary/aromatic N) is 1. The average molecular weight is 233 g/mol. The second-order valence-corrected chi connectivity index (χ2v) is 4.72. The topological polar surface area (TPSA) is 33.1 Å². The van der Waals surface area contributed by atoms with Gasteiger partial charge in [0.05, 0.1) is 5.52 Å². The van der Waals surface area contributed by atoms with E-state index in [-0.39, 0.29) is 6.61 Å². The summed E-state index contributed by atoms with van der Waals surface area (Å²) in [6.45, 7) is 0.282. The lowest BCUT2D eigenvalue weighted by Gasteiger charge is -2.05. The van der Waals surface area contributed by atoms with Gasteiger partial charge in [-0.15, -0.1) is 0 Å². The molecular formula is C13H15NOS. The molecule has 0 unspecified atom stereocenters.